The lowest BCUT2D eigenvalue weighted by Crippen LogP contribution is -2.32. The van der Waals surface area contributed by atoms with E-state index in [2.05, 4.69) is 0 Å². The highest BCUT2D eigenvalue weighted by molar-refractivity contribution is 6.66. The van der Waals surface area contributed by atoms with Crippen molar-refractivity contribution in [3.05, 3.63) is 27.7 Å². The van der Waals surface area contributed by atoms with Crippen LogP contribution < -0.4 is 5.46 Å². The summed E-state index contributed by atoms with van der Waals surface area (Å²) in [5.74, 6) is 0.301. The zero-order chi connectivity index (χ0) is 10.9. The van der Waals surface area contributed by atoms with Gasteiger partial charge in [-0.2, -0.15) is 0 Å². The third kappa shape index (κ3) is 2.42. The van der Waals surface area contributed by atoms with E-state index in [0.29, 0.717) is 5.92 Å². The lowest BCUT2D eigenvalue weighted by Gasteiger charge is -2.11. The first-order valence-corrected chi connectivity index (χ1v) is 5.04. The molecule has 0 saturated carbocycles. The fourth-order valence-corrected chi connectivity index (χ4v) is 1.88. The smallest absolute Gasteiger partial charge is 0.423 e. The highest BCUT2D eigenvalue weighted by atomic mass is 35.5. The van der Waals surface area contributed by atoms with Crippen LogP contribution in [0.1, 0.15) is 25.3 Å². The molecular weight excluding hydrogens is 222 g/mol. The van der Waals surface area contributed by atoms with Crippen LogP contribution in [-0.2, 0) is 0 Å². The second-order valence-corrected chi connectivity index (χ2v) is 4.24. The summed E-state index contributed by atoms with van der Waals surface area (Å²) in [4.78, 5) is 0. The molecule has 5 heteroatoms. The first kappa shape index (κ1) is 11.9. The lowest BCUT2D eigenvalue weighted by atomic mass is 9.79. The van der Waals surface area contributed by atoms with Gasteiger partial charge in [0.2, 0.25) is 0 Å². The van der Waals surface area contributed by atoms with Crippen LogP contribution in [0.5, 0.6) is 0 Å². The van der Waals surface area contributed by atoms with Gasteiger partial charge in [-0.05, 0) is 23.6 Å². The van der Waals surface area contributed by atoms with E-state index in [-0.39, 0.29) is 15.5 Å². The molecule has 14 heavy (non-hydrogen) atoms. The molecule has 2 N–H and O–H groups in total. The van der Waals surface area contributed by atoms with Gasteiger partial charge in [-0.3, -0.25) is 0 Å². The van der Waals surface area contributed by atoms with E-state index in [0.717, 1.165) is 5.56 Å². The average molecular weight is 233 g/mol. The van der Waals surface area contributed by atoms with Crippen LogP contribution in [0.4, 0.5) is 0 Å². The van der Waals surface area contributed by atoms with E-state index < -0.39 is 7.12 Å². The fraction of sp³-hybridized carbons (Fsp3) is 0.333. The van der Waals surface area contributed by atoms with E-state index in [1.54, 1.807) is 12.1 Å². The van der Waals surface area contributed by atoms with Gasteiger partial charge >= 0.3 is 7.12 Å². The van der Waals surface area contributed by atoms with E-state index in [4.69, 9.17) is 33.2 Å². The molecule has 0 radical (unpaired) electrons. The normalized spacial score (nSPS) is 10.8. The molecule has 76 valence electrons. The Hall–Kier alpha value is -0.215. The van der Waals surface area contributed by atoms with Crippen molar-refractivity contribution in [1.82, 2.24) is 0 Å². The summed E-state index contributed by atoms with van der Waals surface area (Å²) in [5, 5.41) is 18.6. The van der Waals surface area contributed by atoms with Crippen LogP contribution in [0, 0.1) is 0 Å². The molecule has 0 aromatic heterocycles. The van der Waals surface area contributed by atoms with Crippen molar-refractivity contribution in [1.29, 1.82) is 0 Å². The summed E-state index contributed by atoms with van der Waals surface area (Å²) < 4.78 is 0. The zero-order valence-corrected chi connectivity index (χ0v) is 9.47. The third-order valence-corrected chi connectivity index (χ3v) is 2.65. The fourth-order valence-electron chi connectivity index (χ4n) is 1.18. The summed E-state index contributed by atoms with van der Waals surface area (Å²) in [7, 11) is -1.63. The van der Waals surface area contributed by atoms with Crippen LogP contribution in [0.25, 0.3) is 0 Å². The minimum absolute atomic E-state index is 0.165. The maximum absolute atomic E-state index is 9.00. The minimum Gasteiger partial charge on any atom is -0.423 e. The molecule has 0 saturated heterocycles. The van der Waals surface area contributed by atoms with E-state index in [9.17, 15) is 0 Å². The maximum Gasteiger partial charge on any atom is 0.491 e. The monoisotopic (exact) mass is 232 g/mol. The topological polar surface area (TPSA) is 40.5 Å². The number of hydrogen-bond donors (Lipinski definition) is 2. The Morgan fingerprint density at radius 2 is 1.57 bits per heavy atom. The Morgan fingerprint density at radius 3 is 1.86 bits per heavy atom. The van der Waals surface area contributed by atoms with Gasteiger partial charge in [0.05, 0.1) is 0 Å². The standard InChI is InChI=1S/C9H11BCl2O2/c1-5(2)6-3-7(11)9(10(13)14)8(12)4-6/h3-5,13-14H,1-2H3. The highest BCUT2D eigenvalue weighted by Gasteiger charge is 2.20. The maximum atomic E-state index is 9.00. The van der Waals surface area contributed by atoms with Crippen LogP contribution in [0.2, 0.25) is 10.0 Å². The van der Waals surface area contributed by atoms with Crippen molar-refractivity contribution in [2.24, 2.45) is 0 Å². The molecule has 0 fully saturated rings. The first-order chi connectivity index (χ1) is 6.43. The van der Waals surface area contributed by atoms with Gasteiger partial charge in [0.25, 0.3) is 0 Å². The van der Waals surface area contributed by atoms with Gasteiger partial charge in [-0.1, -0.05) is 37.0 Å². The number of benzene rings is 1. The number of hydrogen-bond acceptors (Lipinski definition) is 2. The molecule has 0 aliphatic rings. The highest BCUT2D eigenvalue weighted by Crippen LogP contribution is 2.22. The molecule has 0 amide bonds. The first-order valence-electron chi connectivity index (χ1n) is 4.28. The van der Waals surface area contributed by atoms with Gasteiger partial charge in [0.15, 0.2) is 0 Å². The van der Waals surface area contributed by atoms with Gasteiger partial charge in [0.1, 0.15) is 0 Å². The molecule has 1 aromatic rings. The summed E-state index contributed by atoms with van der Waals surface area (Å²) in [6.45, 7) is 4.02. The lowest BCUT2D eigenvalue weighted by molar-refractivity contribution is 0.426. The Balaban J connectivity index is 3.25. The Kier molecular flexibility index (Phi) is 3.84. The quantitative estimate of drug-likeness (QED) is 0.764. The van der Waals surface area contributed by atoms with Crippen LogP contribution in [0.15, 0.2) is 12.1 Å². The molecule has 0 aliphatic carbocycles. The van der Waals surface area contributed by atoms with Crippen molar-refractivity contribution in [2.75, 3.05) is 0 Å². The van der Waals surface area contributed by atoms with Crippen molar-refractivity contribution in [3.63, 3.8) is 0 Å². The van der Waals surface area contributed by atoms with E-state index in [1.807, 2.05) is 13.8 Å². The van der Waals surface area contributed by atoms with Crippen LogP contribution >= 0.6 is 23.2 Å². The predicted octanol–water partition coefficient (Wildman–Crippen LogP) is 1.80. The van der Waals surface area contributed by atoms with E-state index in [1.165, 1.54) is 0 Å². The number of halogens is 2. The van der Waals surface area contributed by atoms with Crippen LogP contribution in [-0.4, -0.2) is 17.2 Å². The molecule has 2 nitrogen and oxygen atoms in total. The Bertz CT molecular complexity index is 317. The molecular formula is C9H11BCl2O2. The van der Waals surface area contributed by atoms with Gasteiger partial charge < -0.3 is 10.0 Å². The van der Waals surface area contributed by atoms with Gasteiger partial charge in [-0.25, -0.2) is 0 Å². The molecule has 0 bridgehead atoms. The Labute approximate surface area is 93.6 Å². The molecule has 0 aliphatic heterocycles. The third-order valence-electron chi connectivity index (χ3n) is 2.03. The van der Waals surface area contributed by atoms with Gasteiger partial charge in [-0.15, -0.1) is 0 Å². The van der Waals surface area contributed by atoms with Crippen molar-refractivity contribution in [2.45, 2.75) is 19.8 Å². The zero-order valence-electron chi connectivity index (χ0n) is 7.96. The van der Waals surface area contributed by atoms with Crippen molar-refractivity contribution < 1.29 is 10.0 Å². The summed E-state index contributed by atoms with van der Waals surface area (Å²) in [6.07, 6.45) is 0. The largest absolute Gasteiger partial charge is 0.491 e. The van der Waals surface area contributed by atoms with Crippen LogP contribution in [0.3, 0.4) is 0 Å². The van der Waals surface area contributed by atoms with Gasteiger partial charge in [0, 0.05) is 15.5 Å². The second kappa shape index (κ2) is 4.54. The SMILES string of the molecule is CC(C)c1cc(Cl)c(B(O)O)c(Cl)c1. The van der Waals surface area contributed by atoms with Crippen molar-refractivity contribution in [3.8, 4) is 0 Å². The average Bonchev–Trinajstić information content (AvgIpc) is 2.01. The summed E-state index contributed by atoms with van der Waals surface area (Å²) >= 11 is 11.7. The molecule has 0 unspecified atom stereocenters. The second-order valence-electron chi connectivity index (χ2n) is 3.43. The van der Waals surface area contributed by atoms with Crippen molar-refractivity contribution >= 4 is 35.8 Å². The molecule has 0 atom stereocenters. The molecule has 1 aromatic carbocycles. The molecule has 0 spiro atoms. The summed E-state index contributed by atoms with van der Waals surface area (Å²) in [5.41, 5.74) is 1.14. The predicted molar refractivity (Wildman–Crippen MR) is 60.4 cm³/mol. The number of rotatable bonds is 2. The summed E-state index contributed by atoms with van der Waals surface area (Å²) in [6, 6.07) is 3.40. The molecule has 0 heterocycles. The molecule has 1 rings (SSSR count). The minimum atomic E-state index is -1.63. The Morgan fingerprint density at radius 1 is 1.14 bits per heavy atom. The van der Waals surface area contributed by atoms with E-state index >= 15 is 0 Å².